The molecule has 2 aliphatic heterocycles. The molecule has 1 saturated heterocycles. The monoisotopic (exact) mass is 425 g/mol. The van der Waals surface area contributed by atoms with E-state index in [1.807, 2.05) is 24.3 Å². The molecule has 2 aliphatic rings. The second kappa shape index (κ2) is 7.31. The van der Waals surface area contributed by atoms with Crippen LogP contribution < -0.4 is 5.32 Å². The molecular weight excluding hydrogens is 413 g/mol. The zero-order valence-electron chi connectivity index (χ0n) is 13.5. The van der Waals surface area contributed by atoms with Crippen LogP contribution in [0.4, 0.5) is 5.69 Å². The van der Waals surface area contributed by atoms with Gasteiger partial charge in [-0.3, -0.25) is 9.79 Å². The van der Waals surface area contributed by atoms with Gasteiger partial charge in [0.25, 0.3) is 5.91 Å². The summed E-state index contributed by atoms with van der Waals surface area (Å²) in [6.07, 6.45) is 0. The Bertz CT molecular complexity index is 895. The van der Waals surface area contributed by atoms with E-state index < -0.39 is 0 Å². The average molecular weight is 427 g/mol. The number of nitrogens with zero attached hydrogens (tertiary/aromatic N) is 2. The summed E-state index contributed by atoms with van der Waals surface area (Å²) in [4.78, 5) is 19.6. The van der Waals surface area contributed by atoms with E-state index in [0.29, 0.717) is 11.3 Å². The van der Waals surface area contributed by atoms with Crippen LogP contribution >= 0.6 is 46.6 Å². The van der Waals surface area contributed by atoms with Gasteiger partial charge in [-0.05, 0) is 29.8 Å². The maximum absolute atomic E-state index is 12.5. The highest BCUT2D eigenvalue weighted by atomic mass is 35.5. The molecule has 1 amide bonds. The average Bonchev–Trinajstić information content (AvgIpc) is 3.21. The quantitative estimate of drug-likeness (QED) is 0.672. The fourth-order valence-corrected chi connectivity index (χ4v) is 4.64. The third-order valence-electron chi connectivity index (χ3n) is 4.30. The Morgan fingerprint density at radius 2 is 1.96 bits per heavy atom. The van der Waals surface area contributed by atoms with Crippen molar-refractivity contribution >= 4 is 63.3 Å². The maximum Gasteiger partial charge on any atom is 0.255 e. The molecule has 0 bridgehead atoms. The van der Waals surface area contributed by atoms with E-state index in [4.69, 9.17) is 39.8 Å². The Balaban J connectivity index is 1.52. The summed E-state index contributed by atoms with van der Waals surface area (Å²) in [5, 5.41) is 4.74. The second-order valence-corrected chi connectivity index (χ2v) is 8.31. The van der Waals surface area contributed by atoms with Crippen molar-refractivity contribution in [2.45, 2.75) is 6.04 Å². The lowest BCUT2D eigenvalue weighted by atomic mass is 10.1. The first-order chi connectivity index (χ1) is 12.5. The normalized spacial score (nSPS) is 18.7. The van der Waals surface area contributed by atoms with Gasteiger partial charge in [0.05, 0.1) is 21.1 Å². The molecule has 0 aromatic heterocycles. The number of carbonyl (C=O) groups is 1. The largest absolute Gasteiger partial charge is 0.348 e. The number of fused-ring (bicyclic) bond motifs is 1. The molecule has 134 valence electrons. The van der Waals surface area contributed by atoms with Gasteiger partial charge < -0.3 is 10.2 Å². The highest BCUT2D eigenvalue weighted by Crippen LogP contribution is 2.34. The van der Waals surface area contributed by atoms with E-state index in [1.54, 1.807) is 11.8 Å². The molecule has 4 rings (SSSR count). The minimum atomic E-state index is -0.295. The van der Waals surface area contributed by atoms with E-state index in [1.165, 1.54) is 12.1 Å². The first-order valence-electron chi connectivity index (χ1n) is 8.02. The third kappa shape index (κ3) is 3.54. The van der Waals surface area contributed by atoms with Crippen molar-refractivity contribution in [3.63, 3.8) is 0 Å². The van der Waals surface area contributed by atoms with Crippen LogP contribution in [0.15, 0.2) is 41.4 Å². The molecule has 1 fully saturated rings. The summed E-state index contributed by atoms with van der Waals surface area (Å²) in [5.74, 6) is 0.810. The SMILES string of the molecule is O=C(Nc1cccc(C2CN3CCSC3=N2)c1)c1cc(Cl)c(Cl)c(Cl)c1. The number of hydrogen-bond donors (Lipinski definition) is 1. The van der Waals surface area contributed by atoms with Gasteiger partial charge in [-0.2, -0.15) is 0 Å². The van der Waals surface area contributed by atoms with Gasteiger partial charge in [-0.1, -0.05) is 58.7 Å². The second-order valence-electron chi connectivity index (χ2n) is 6.06. The first kappa shape index (κ1) is 18.0. The number of rotatable bonds is 3. The molecule has 0 radical (unpaired) electrons. The van der Waals surface area contributed by atoms with E-state index in [0.717, 1.165) is 29.6 Å². The number of benzene rings is 2. The zero-order chi connectivity index (χ0) is 18.3. The number of amides is 1. The summed E-state index contributed by atoms with van der Waals surface area (Å²) in [7, 11) is 0. The van der Waals surface area contributed by atoms with Crippen LogP contribution in [0.1, 0.15) is 22.0 Å². The van der Waals surface area contributed by atoms with Crippen LogP contribution in [0.3, 0.4) is 0 Å². The molecule has 4 nitrogen and oxygen atoms in total. The number of hydrogen-bond acceptors (Lipinski definition) is 4. The highest BCUT2D eigenvalue weighted by Gasteiger charge is 2.30. The lowest BCUT2D eigenvalue weighted by Crippen LogP contribution is -2.21. The highest BCUT2D eigenvalue weighted by molar-refractivity contribution is 8.14. The molecule has 2 aromatic carbocycles. The Kier molecular flexibility index (Phi) is 5.06. The first-order valence-corrected chi connectivity index (χ1v) is 10.1. The zero-order valence-corrected chi connectivity index (χ0v) is 16.6. The predicted molar refractivity (Wildman–Crippen MR) is 110 cm³/mol. The van der Waals surface area contributed by atoms with Crippen LogP contribution in [-0.2, 0) is 0 Å². The summed E-state index contributed by atoms with van der Waals surface area (Å²) in [6.45, 7) is 1.94. The Hall–Kier alpha value is -1.40. The maximum atomic E-state index is 12.5. The molecule has 1 atom stereocenters. The van der Waals surface area contributed by atoms with E-state index in [9.17, 15) is 4.79 Å². The van der Waals surface area contributed by atoms with Gasteiger partial charge in [0.15, 0.2) is 5.17 Å². The Morgan fingerprint density at radius 3 is 2.69 bits per heavy atom. The van der Waals surface area contributed by atoms with E-state index in [2.05, 4.69) is 10.2 Å². The number of thioether (sulfide) groups is 1. The minimum absolute atomic E-state index is 0.106. The summed E-state index contributed by atoms with van der Waals surface area (Å²) in [5.41, 5.74) is 2.14. The molecule has 1 unspecified atom stereocenters. The lowest BCUT2D eigenvalue weighted by molar-refractivity contribution is 0.102. The van der Waals surface area contributed by atoms with Crippen LogP contribution in [0.5, 0.6) is 0 Å². The molecule has 2 heterocycles. The molecule has 0 saturated carbocycles. The smallest absolute Gasteiger partial charge is 0.255 e. The van der Waals surface area contributed by atoms with Crippen LogP contribution in [0.2, 0.25) is 15.1 Å². The molecule has 26 heavy (non-hydrogen) atoms. The van der Waals surface area contributed by atoms with Gasteiger partial charge in [-0.15, -0.1) is 0 Å². The van der Waals surface area contributed by atoms with E-state index >= 15 is 0 Å². The molecule has 0 spiro atoms. The van der Waals surface area contributed by atoms with Gasteiger partial charge in [0, 0.05) is 30.1 Å². The fourth-order valence-electron chi connectivity index (χ4n) is 3.00. The van der Waals surface area contributed by atoms with E-state index in [-0.39, 0.29) is 27.0 Å². The molecule has 2 aromatic rings. The Labute approximate surface area is 170 Å². The number of anilines is 1. The van der Waals surface area contributed by atoms with Gasteiger partial charge in [0.1, 0.15) is 0 Å². The third-order valence-corrected chi connectivity index (χ3v) is 6.50. The van der Waals surface area contributed by atoms with Crippen molar-refractivity contribution in [3.05, 3.63) is 62.6 Å². The van der Waals surface area contributed by atoms with Crippen molar-refractivity contribution in [2.24, 2.45) is 4.99 Å². The van der Waals surface area contributed by atoms with Gasteiger partial charge in [-0.25, -0.2) is 0 Å². The van der Waals surface area contributed by atoms with Gasteiger partial charge >= 0.3 is 0 Å². The molecule has 8 heteroatoms. The van der Waals surface area contributed by atoms with Crippen molar-refractivity contribution in [1.29, 1.82) is 0 Å². The van der Waals surface area contributed by atoms with Crippen LogP contribution in [-0.4, -0.2) is 34.8 Å². The number of aliphatic imine (C=N–C) groups is 1. The summed E-state index contributed by atoms with van der Waals surface area (Å²) in [6, 6.07) is 10.9. The van der Waals surface area contributed by atoms with Crippen molar-refractivity contribution in [3.8, 4) is 0 Å². The number of amidine groups is 1. The van der Waals surface area contributed by atoms with Crippen molar-refractivity contribution in [2.75, 3.05) is 24.2 Å². The number of nitrogens with one attached hydrogen (secondary N) is 1. The molecule has 0 aliphatic carbocycles. The Morgan fingerprint density at radius 1 is 1.19 bits per heavy atom. The molecular formula is C18H14Cl3N3OS. The summed E-state index contributed by atoms with van der Waals surface area (Å²) >= 11 is 19.7. The summed E-state index contributed by atoms with van der Waals surface area (Å²) < 4.78 is 0. The minimum Gasteiger partial charge on any atom is -0.348 e. The number of halogens is 3. The van der Waals surface area contributed by atoms with Gasteiger partial charge in [0.2, 0.25) is 0 Å². The van der Waals surface area contributed by atoms with Crippen LogP contribution in [0.25, 0.3) is 0 Å². The van der Waals surface area contributed by atoms with Crippen molar-refractivity contribution in [1.82, 2.24) is 4.90 Å². The lowest BCUT2D eigenvalue weighted by Gasteiger charge is -2.14. The fraction of sp³-hybridized carbons (Fsp3) is 0.222. The predicted octanol–water partition coefficient (Wildman–Crippen LogP) is 5.36. The molecule has 1 N–H and O–H groups in total. The topological polar surface area (TPSA) is 44.7 Å². The standard InChI is InChI=1S/C18H14Cl3N3OS/c19-13-7-11(8-14(20)16(13)21)17(25)22-12-3-1-2-10(6-12)15-9-24-4-5-26-18(24)23-15/h1-3,6-8,15H,4-5,9H2,(H,22,25). The number of carbonyl (C=O) groups excluding carboxylic acids is 1. The van der Waals surface area contributed by atoms with Crippen LogP contribution in [0, 0.1) is 0 Å². The van der Waals surface area contributed by atoms with Crippen molar-refractivity contribution < 1.29 is 4.79 Å².